The molecule has 0 aliphatic heterocycles. The molecule has 1 amide bonds. The second-order valence-corrected chi connectivity index (χ2v) is 6.15. The van der Waals surface area contributed by atoms with Crippen LogP contribution in [0.1, 0.15) is 29.5 Å². The van der Waals surface area contributed by atoms with E-state index in [1.165, 1.54) is 5.56 Å². The van der Waals surface area contributed by atoms with Crippen molar-refractivity contribution in [2.75, 3.05) is 13.2 Å². The number of halogens is 1. The number of amides is 1. The number of nitrogens with one attached hydrogen (secondary N) is 1. The Morgan fingerprint density at radius 1 is 1.17 bits per heavy atom. The molecule has 1 N–H and O–H groups in total. The van der Waals surface area contributed by atoms with E-state index >= 15 is 0 Å². The first-order valence-corrected chi connectivity index (χ1v) is 8.06. The number of hydrogen-bond acceptors (Lipinski definition) is 2. The molecule has 0 aliphatic carbocycles. The lowest BCUT2D eigenvalue weighted by atomic mass is 10.0. The standard InChI is InChI=1S/C19H22ClNO2/c1-13-9-17(10-14(2)19(13)20)23-12-18(22)21-11-15(3)16-7-5-4-6-8-16/h4-10,15H,11-12H2,1-3H3,(H,21,22)/t15-/m0/s1. The molecule has 1 atom stereocenters. The van der Waals surface area contributed by atoms with Crippen LogP contribution in [0.3, 0.4) is 0 Å². The molecule has 23 heavy (non-hydrogen) atoms. The predicted molar refractivity (Wildman–Crippen MR) is 94.3 cm³/mol. The smallest absolute Gasteiger partial charge is 0.257 e. The Bertz CT molecular complexity index is 647. The van der Waals surface area contributed by atoms with Gasteiger partial charge in [-0.25, -0.2) is 0 Å². The number of hydrogen-bond donors (Lipinski definition) is 1. The largest absolute Gasteiger partial charge is 0.484 e. The fourth-order valence-electron chi connectivity index (χ4n) is 2.36. The summed E-state index contributed by atoms with van der Waals surface area (Å²) in [6.45, 7) is 6.52. The van der Waals surface area contributed by atoms with Crippen LogP contribution in [-0.2, 0) is 4.79 Å². The van der Waals surface area contributed by atoms with Crippen molar-refractivity contribution in [3.8, 4) is 5.75 Å². The van der Waals surface area contributed by atoms with Gasteiger partial charge >= 0.3 is 0 Å². The third-order valence-corrected chi connectivity index (χ3v) is 4.35. The van der Waals surface area contributed by atoms with Crippen molar-refractivity contribution in [3.63, 3.8) is 0 Å². The van der Waals surface area contributed by atoms with Crippen LogP contribution in [0.2, 0.25) is 5.02 Å². The second-order valence-electron chi connectivity index (χ2n) is 5.78. The third kappa shape index (κ3) is 5.00. The van der Waals surface area contributed by atoms with Crippen molar-refractivity contribution in [2.24, 2.45) is 0 Å². The normalized spacial score (nSPS) is 11.8. The predicted octanol–water partition coefficient (Wildman–Crippen LogP) is 4.26. The Hall–Kier alpha value is -2.00. The van der Waals surface area contributed by atoms with E-state index in [-0.39, 0.29) is 18.4 Å². The second kappa shape index (κ2) is 8.02. The molecule has 0 bridgehead atoms. The minimum Gasteiger partial charge on any atom is -0.484 e. The van der Waals surface area contributed by atoms with Gasteiger partial charge in [0.1, 0.15) is 5.75 Å². The van der Waals surface area contributed by atoms with Crippen LogP contribution < -0.4 is 10.1 Å². The molecule has 3 nitrogen and oxygen atoms in total. The van der Waals surface area contributed by atoms with E-state index in [1.54, 1.807) is 0 Å². The number of carbonyl (C=O) groups excluding carboxylic acids is 1. The summed E-state index contributed by atoms with van der Waals surface area (Å²) in [5, 5.41) is 3.64. The van der Waals surface area contributed by atoms with Crippen molar-refractivity contribution in [2.45, 2.75) is 26.7 Å². The summed E-state index contributed by atoms with van der Waals surface area (Å²) in [5.74, 6) is 0.800. The first kappa shape index (κ1) is 17.4. The van der Waals surface area contributed by atoms with Gasteiger partial charge in [-0.15, -0.1) is 0 Å². The molecule has 0 unspecified atom stereocenters. The van der Waals surface area contributed by atoms with Gasteiger partial charge in [0.2, 0.25) is 0 Å². The van der Waals surface area contributed by atoms with E-state index in [1.807, 2.05) is 44.2 Å². The van der Waals surface area contributed by atoms with Crippen molar-refractivity contribution >= 4 is 17.5 Å². The lowest BCUT2D eigenvalue weighted by Gasteiger charge is -2.14. The average Bonchev–Trinajstić information content (AvgIpc) is 2.56. The number of aryl methyl sites for hydroxylation is 2. The Morgan fingerprint density at radius 3 is 2.39 bits per heavy atom. The molecule has 2 aromatic carbocycles. The maximum absolute atomic E-state index is 11.9. The van der Waals surface area contributed by atoms with Crippen molar-refractivity contribution in [1.29, 1.82) is 0 Å². The van der Waals surface area contributed by atoms with E-state index in [2.05, 4.69) is 24.4 Å². The molecule has 0 saturated heterocycles. The highest BCUT2D eigenvalue weighted by Crippen LogP contribution is 2.25. The molecule has 0 heterocycles. The maximum atomic E-state index is 11.9. The van der Waals surface area contributed by atoms with Crippen molar-refractivity contribution < 1.29 is 9.53 Å². The highest BCUT2D eigenvalue weighted by Gasteiger charge is 2.09. The molecule has 2 aromatic rings. The van der Waals surface area contributed by atoms with E-state index in [9.17, 15) is 4.79 Å². The van der Waals surface area contributed by atoms with Gasteiger partial charge in [0, 0.05) is 11.6 Å². The number of carbonyl (C=O) groups is 1. The zero-order valence-corrected chi connectivity index (χ0v) is 14.5. The first-order chi connectivity index (χ1) is 11.0. The van der Waals surface area contributed by atoms with Gasteiger partial charge in [0.25, 0.3) is 5.91 Å². The first-order valence-electron chi connectivity index (χ1n) is 7.68. The van der Waals surface area contributed by atoms with Gasteiger partial charge in [-0.05, 0) is 48.6 Å². The molecular weight excluding hydrogens is 310 g/mol. The summed E-state index contributed by atoms with van der Waals surface area (Å²) in [6, 6.07) is 13.8. The Morgan fingerprint density at radius 2 is 1.78 bits per heavy atom. The molecule has 0 spiro atoms. The van der Waals surface area contributed by atoms with E-state index in [0.29, 0.717) is 12.3 Å². The average molecular weight is 332 g/mol. The number of ether oxygens (including phenoxy) is 1. The molecule has 2 rings (SSSR count). The Kier molecular flexibility index (Phi) is 6.05. The lowest BCUT2D eigenvalue weighted by Crippen LogP contribution is -2.31. The minimum atomic E-state index is -0.127. The van der Waals surface area contributed by atoms with E-state index in [0.717, 1.165) is 16.1 Å². The van der Waals surface area contributed by atoms with Gasteiger partial charge in [0.05, 0.1) is 0 Å². The molecule has 0 fully saturated rings. The van der Waals surface area contributed by atoms with Gasteiger partial charge in [-0.2, -0.15) is 0 Å². The van der Waals surface area contributed by atoms with Crippen molar-refractivity contribution in [1.82, 2.24) is 5.32 Å². The topological polar surface area (TPSA) is 38.3 Å². The Labute approximate surface area is 142 Å². The van der Waals surface area contributed by atoms with Crippen LogP contribution in [-0.4, -0.2) is 19.1 Å². The highest BCUT2D eigenvalue weighted by molar-refractivity contribution is 6.32. The summed E-state index contributed by atoms with van der Waals surface area (Å²) in [4.78, 5) is 11.9. The third-order valence-electron chi connectivity index (χ3n) is 3.75. The van der Waals surface area contributed by atoms with Gasteiger partial charge in [-0.1, -0.05) is 48.9 Å². The minimum absolute atomic E-state index is 0.00201. The van der Waals surface area contributed by atoms with Crippen LogP contribution in [0.4, 0.5) is 0 Å². The molecule has 0 aromatic heterocycles. The molecular formula is C19H22ClNO2. The zero-order chi connectivity index (χ0) is 16.8. The summed E-state index contributed by atoms with van der Waals surface area (Å²) in [5.41, 5.74) is 3.09. The number of benzene rings is 2. The molecule has 0 aliphatic rings. The summed E-state index contributed by atoms with van der Waals surface area (Å²) < 4.78 is 5.55. The summed E-state index contributed by atoms with van der Waals surface area (Å²) >= 11 is 6.12. The number of rotatable bonds is 6. The van der Waals surface area contributed by atoms with Gasteiger partial charge < -0.3 is 10.1 Å². The van der Waals surface area contributed by atoms with E-state index in [4.69, 9.17) is 16.3 Å². The van der Waals surface area contributed by atoms with E-state index < -0.39 is 0 Å². The fraction of sp³-hybridized carbons (Fsp3) is 0.316. The molecule has 0 saturated carbocycles. The molecule has 4 heteroatoms. The monoisotopic (exact) mass is 331 g/mol. The van der Waals surface area contributed by atoms with Crippen molar-refractivity contribution in [3.05, 3.63) is 64.2 Å². The van der Waals surface area contributed by atoms with Gasteiger partial charge in [-0.3, -0.25) is 4.79 Å². The SMILES string of the molecule is Cc1cc(OCC(=O)NC[C@H](C)c2ccccc2)cc(C)c1Cl. The highest BCUT2D eigenvalue weighted by atomic mass is 35.5. The molecule has 0 radical (unpaired) electrons. The maximum Gasteiger partial charge on any atom is 0.257 e. The van der Waals surface area contributed by atoms with Crippen LogP contribution in [0, 0.1) is 13.8 Å². The van der Waals surface area contributed by atoms with Crippen LogP contribution >= 0.6 is 11.6 Å². The summed E-state index contributed by atoms with van der Waals surface area (Å²) in [6.07, 6.45) is 0. The van der Waals surface area contributed by atoms with Crippen LogP contribution in [0.25, 0.3) is 0 Å². The fourth-order valence-corrected chi connectivity index (χ4v) is 2.46. The van der Waals surface area contributed by atoms with Gasteiger partial charge in [0.15, 0.2) is 6.61 Å². The van der Waals surface area contributed by atoms with Crippen LogP contribution in [0.5, 0.6) is 5.75 Å². The quantitative estimate of drug-likeness (QED) is 0.859. The summed E-state index contributed by atoms with van der Waals surface area (Å²) in [7, 11) is 0. The zero-order valence-electron chi connectivity index (χ0n) is 13.7. The Balaban J connectivity index is 1.81. The van der Waals surface area contributed by atoms with Crippen LogP contribution in [0.15, 0.2) is 42.5 Å². The lowest BCUT2D eigenvalue weighted by molar-refractivity contribution is -0.123. The molecule has 122 valence electrons.